The fourth-order valence-electron chi connectivity index (χ4n) is 2.51. The first-order chi connectivity index (χ1) is 10.3. The molecule has 1 saturated heterocycles. The zero-order valence-corrected chi connectivity index (χ0v) is 12.8. The number of carboxylic acids is 1. The van der Waals surface area contributed by atoms with Crippen LogP contribution in [0.15, 0.2) is 18.2 Å². The van der Waals surface area contributed by atoms with Gasteiger partial charge in [-0.15, -0.1) is 0 Å². The molecule has 1 aliphatic rings. The maximum Gasteiger partial charge on any atom is 0.416 e. The van der Waals surface area contributed by atoms with Gasteiger partial charge in [0.2, 0.25) is 0 Å². The molecule has 22 heavy (non-hydrogen) atoms. The first kappa shape index (κ1) is 16.7. The molecule has 3 nitrogen and oxygen atoms in total. The molecule has 120 valence electrons. The number of carbonyl (C=O) groups is 1. The Morgan fingerprint density at radius 1 is 1.45 bits per heavy atom. The normalized spacial score (nSPS) is 18.0. The maximum atomic E-state index is 13.2. The Bertz CT molecular complexity index is 601. The number of nitrogens with zero attached hydrogens (tertiary/aromatic N) is 1. The average molecular weight is 331 g/mol. The third-order valence-electron chi connectivity index (χ3n) is 3.75. The van der Waals surface area contributed by atoms with Crippen LogP contribution in [0.2, 0.25) is 0 Å². The monoisotopic (exact) mass is 331 g/mol. The zero-order valence-electron chi connectivity index (χ0n) is 12.0. The molecule has 1 aliphatic heterocycles. The molecule has 0 unspecified atom stereocenters. The molecule has 0 aromatic heterocycles. The van der Waals surface area contributed by atoms with E-state index >= 15 is 0 Å². The lowest BCUT2D eigenvalue weighted by Crippen LogP contribution is -2.54. The predicted octanol–water partition coefficient (Wildman–Crippen LogP) is 3.49. The molecule has 1 fully saturated rings. The number of rotatable bonds is 4. The van der Waals surface area contributed by atoms with E-state index in [2.05, 4.69) is 0 Å². The largest absolute Gasteiger partial charge is 0.480 e. The van der Waals surface area contributed by atoms with Gasteiger partial charge in [-0.3, -0.25) is 0 Å². The second-order valence-electron chi connectivity index (χ2n) is 5.26. The molecule has 1 atom stereocenters. The summed E-state index contributed by atoms with van der Waals surface area (Å²) in [6, 6.07) is 3.27. The SMILES string of the molecule is CCCc1ccc(C(=S)N2CC[C@@H]2C(=O)O)cc1C(F)(F)F. The highest BCUT2D eigenvalue weighted by Gasteiger charge is 2.37. The predicted molar refractivity (Wildman–Crippen MR) is 79.9 cm³/mol. The Kier molecular flexibility index (Phi) is 4.75. The number of hydrogen-bond donors (Lipinski definition) is 1. The summed E-state index contributed by atoms with van der Waals surface area (Å²) >= 11 is 5.18. The quantitative estimate of drug-likeness (QED) is 0.858. The third-order valence-corrected chi connectivity index (χ3v) is 4.22. The van der Waals surface area contributed by atoms with Crippen LogP contribution in [0.4, 0.5) is 13.2 Å². The van der Waals surface area contributed by atoms with Gasteiger partial charge in [-0.25, -0.2) is 4.79 Å². The number of carboxylic acid groups (broad SMARTS) is 1. The Labute approximate surface area is 131 Å². The summed E-state index contributed by atoms with van der Waals surface area (Å²) in [5, 5.41) is 9.02. The van der Waals surface area contributed by atoms with E-state index in [1.807, 2.05) is 6.92 Å². The number of hydrogen-bond acceptors (Lipinski definition) is 2. The molecule has 0 aliphatic carbocycles. The summed E-state index contributed by atoms with van der Waals surface area (Å²) in [5.41, 5.74) is -0.213. The first-order valence-electron chi connectivity index (χ1n) is 6.99. The van der Waals surface area contributed by atoms with Crippen molar-refractivity contribution in [3.8, 4) is 0 Å². The standard InChI is InChI=1S/C15H16F3NO2S/c1-2-3-9-4-5-10(8-11(9)15(16,17)18)13(22)19-7-6-12(19)14(20)21/h4-5,8,12H,2-3,6-7H2,1H3,(H,20,21)/t12-/m1/s1. The molecular weight excluding hydrogens is 315 g/mol. The summed E-state index contributed by atoms with van der Waals surface area (Å²) in [6.45, 7) is 2.27. The van der Waals surface area contributed by atoms with Gasteiger partial charge < -0.3 is 10.0 Å². The number of aryl methyl sites for hydroxylation is 1. The number of aliphatic carboxylic acids is 1. The zero-order chi connectivity index (χ0) is 16.5. The molecule has 1 aromatic carbocycles. The van der Waals surface area contributed by atoms with Crippen LogP contribution in [-0.2, 0) is 17.4 Å². The van der Waals surface area contributed by atoms with Gasteiger partial charge in [0.15, 0.2) is 0 Å². The van der Waals surface area contributed by atoms with Gasteiger partial charge >= 0.3 is 12.1 Å². The van der Waals surface area contributed by atoms with Crippen LogP contribution in [-0.4, -0.2) is 33.6 Å². The molecule has 0 bridgehead atoms. The van der Waals surface area contributed by atoms with Gasteiger partial charge in [0.25, 0.3) is 0 Å². The van der Waals surface area contributed by atoms with Crippen molar-refractivity contribution < 1.29 is 23.1 Å². The van der Waals surface area contributed by atoms with Crippen molar-refractivity contribution in [2.24, 2.45) is 0 Å². The summed E-state index contributed by atoms with van der Waals surface area (Å²) in [6.07, 6.45) is -3.05. The lowest BCUT2D eigenvalue weighted by atomic mass is 9.97. The lowest BCUT2D eigenvalue weighted by Gasteiger charge is -2.40. The number of thiocarbonyl (C=S) groups is 1. The maximum absolute atomic E-state index is 13.2. The summed E-state index contributed by atoms with van der Waals surface area (Å²) in [7, 11) is 0. The van der Waals surface area contributed by atoms with Gasteiger partial charge in [0.05, 0.1) is 5.56 Å². The van der Waals surface area contributed by atoms with E-state index in [9.17, 15) is 18.0 Å². The lowest BCUT2D eigenvalue weighted by molar-refractivity contribution is -0.145. The molecular formula is C15H16F3NO2S. The Morgan fingerprint density at radius 2 is 2.14 bits per heavy atom. The van der Waals surface area contributed by atoms with Crippen molar-refractivity contribution in [1.82, 2.24) is 4.90 Å². The van der Waals surface area contributed by atoms with Gasteiger partial charge in [-0.05, 0) is 24.5 Å². The second kappa shape index (κ2) is 6.24. The van der Waals surface area contributed by atoms with Crippen molar-refractivity contribution >= 4 is 23.2 Å². The molecule has 0 radical (unpaired) electrons. The first-order valence-corrected chi connectivity index (χ1v) is 7.40. The van der Waals surface area contributed by atoms with E-state index in [1.54, 1.807) is 6.07 Å². The molecule has 0 saturated carbocycles. The Hall–Kier alpha value is -1.63. The van der Waals surface area contributed by atoms with Crippen LogP contribution in [0.5, 0.6) is 0 Å². The second-order valence-corrected chi connectivity index (χ2v) is 5.65. The Balaban J connectivity index is 2.32. The minimum absolute atomic E-state index is 0.159. The molecule has 0 spiro atoms. The van der Waals surface area contributed by atoms with E-state index in [0.717, 1.165) is 6.07 Å². The number of likely N-dealkylation sites (tertiary alicyclic amines) is 1. The van der Waals surface area contributed by atoms with Gasteiger partial charge in [-0.2, -0.15) is 13.2 Å². The average Bonchev–Trinajstić information content (AvgIpc) is 2.36. The van der Waals surface area contributed by atoms with E-state index < -0.39 is 23.8 Å². The van der Waals surface area contributed by atoms with Crippen LogP contribution >= 0.6 is 12.2 Å². The summed E-state index contributed by atoms with van der Waals surface area (Å²) < 4.78 is 39.5. The summed E-state index contributed by atoms with van der Waals surface area (Å²) in [4.78, 5) is 12.6. The van der Waals surface area contributed by atoms with E-state index in [0.29, 0.717) is 25.8 Å². The van der Waals surface area contributed by atoms with Crippen molar-refractivity contribution in [2.75, 3.05) is 6.54 Å². The highest BCUT2D eigenvalue weighted by molar-refractivity contribution is 7.80. The van der Waals surface area contributed by atoms with Crippen LogP contribution in [0.25, 0.3) is 0 Å². The number of benzene rings is 1. The molecule has 7 heteroatoms. The van der Waals surface area contributed by atoms with Crippen LogP contribution in [0.1, 0.15) is 36.5 Å². The number of alkyl halides is 3. The molecule has 1 N–H and O–H groups in total. The smallest absolute Gasteiger partial charge is 0.416 e. The van der Waals surface area contributed by atoms with E-state index in [-0.39, 0.29) is 16.1 Å². The van der Waals surface area contributed by atoms with Crippen molar-refractivity contribution in [3.63, 3.8) is 0 Å². The fraction of sp³-hybridized carbons (Fsp3) is 0.467. The molecule has 0 amide bonds. The van der Waals surface area contributed by atoms with Gasteiger partial charge in [0.1, 0.15) is 11.0 Å². The Morgan fingerprint density at radius 3 is 2.59 bits per heavy atom. The summed E-state index contributed by atoms with van der Waals surface area (Å²) in [5.74, 6) is -1.01. The fourth-order valence-corrected chi connectivity index (χ4v) is 2.86. The minimum Gasteiger partial charge on any atom is -0.480 e. The number of halogens is 3. The topological polar surface area (TPSA) is 40.5 Å². The highest BCUT2D eigenvalue weighted by Crippen LogP contribution is 2.34. The third kappa shape index (κ3) is 3.24. The van der Waals surface area contributed by atoms with Crippen molar-refractivity contribution in [1.29, 1.82) is 0 Å². The van der Waals surface area contributed by atoms with E-state index in [1.165, 1.54) is 11.0 Å². The molecule has 2 rings (SSSR count). The van der Waals surface area contributed by atoms with Crippen LogP contribution in [0.3, 0.4) is 0 Å². The van der Waals surface area contributed by atoms with Crippen molar-refractivity contribution in [2.45, 2.75) is 38.4 Å². The van der Waals surface area contributed by atoms with Gasteiger partial charge in [0, 0.05) is 12.1 Å². The van der Waals surface area contributed by atoms with Gasteiger partial charge in [-0.1, -0.05) is 37.7 Å². The molecule has 1 aromatic rings. The molecule has 1 heterocycles. The van der Waals surface area contributed by atoms with Crippen LogP contribution < -0.4 is 0 Å². The van der Waals surface area contributed by atoms with Crippen LogP contribution in [0, 0.1) is 0 Å². The minimum atomic E-state index is -4.45. The highest BCUT2D eigenvalue weighted by atomic mass is 32.1. The van der Waals surface area contributed by atoms with E-state index in [4.69, 9.17) is 17.3 Å². The van der Waals surface area contributed by atoms with Crippen molar-refractivity contribution in [3.05, 3.63) is 34.9 Å².